The third kappa shape index (κ3) is 3.70. The Balaban J connectivity index is 2.54. The van der Waals surface area contributed by atoms with Gasteiger partial charge in [0.1, 0.15) is 0 Å². The molecule has 0 atom stereocenters. The van der Waals surface area contributed by atoms with E-state index in [1.54, 1.807) is 13.3 Å². The van der Waals surface area contributed by atoms with Crippen molar-refractivity contribution in [1.29, 1.82) is 0 Å². The highest BCUT2D eigenvalue weighted by molar-refractivity contribution is 5.76. The van der Waals surface area contributed by atoms with E-state index in [2.05, 4.69) is 10.3 Å². The summed E-state index contributed by atoms with van der Waals surface area (Å²) < 4.78 is 9.90. The summed E-state index contributed by atoms with van der Waals surface area (Å²) in [7, 11) is 2.98. The highest BCUT2D eigenvalue weighted by Crippen LogP contribution is 2.17. The smallest absolute Gasteiger partial charge is 0.312 e. The number of carbonyl (C=O) groups excluding carboxylic acids is 1. The van der Waals surface area contributed by atoms with Crippen LogP contribution in [0.25, 0.3) is 0 Å². The highest BCUT2D eigenvalue weighted by atomic mass is 16.5. The predicted molar refractivity (Wildman–Crippen MR) is 68.3 cm³/mol. The van der Waals surface area contributed by atoms with Crippen molar-refractivity contribution in [1.82, 2.24) is 10.3 Å². The van der Waals surface area contributed by atoms with Gasteiger partial charge in [-0.25, -0.2) is 4.98 Å². The van der Waals surface area contributed by atoms with E-state index in [1.165, 1.54) is 7.11 Å². The van der Waals surface area contributed by atoms with Crippen molar-refractivity contribution in [2.45, 2.75) is 20.4 Å². The molecular formula is C13H20N2O3. The molecule has 1 rings (SSSR count). The van der Waals surface area contributed by atoms with Gasteiger partial charge in [0.05, 0.1) is 19.6 Å². The van der Waals surface area contributed by atoms with Crippen molar-refractivity contribution in [2.24, 2.45) is 5.41 Å². The number of pyridine rings is 1. The van der Waals surface area contributed by atoms with E-state index < -0.39 is 5.41 Å². The van der Waals surface area contributed by atoms with Crippen LogP contribution in [0.2, 0.25) is 0 Å². The monoisotopic (exact) mass is 252 g/mol. The largest absolute Gasteiger partial charge is 0.481 e. The first-order valence-electron chi connectivity index (χ1n) is 5.78. The summed E-state index contributed by atoms with van der Waals surface area (Å²) in [5.74, 6) is 0.369. The van der Waals surface area contributed by atoms with E-state index in [4.69, 9.17) is 9.47 Å². The number of ether oxygens (including phenoxy) is 2. The molecule has 1 heterocycles. The van der Waals surface area contributed by atoms with Crippen LogP contribution in [0.3, 0.4) is 0 Å². The average Bonchev–Trinajstić information content (AvgIpc) is 2.38. The molecule has 0 aliphatic rings. The standard InChI is InChI=1S/C13H20N2O3/c1-13(2,12(16)18-4)9-14-8-10-6-5-7-15-11(10)17-3/h5-7,14H,8-9H2,1-4H3. The van der Waals surface area contributed by atoms with E-state index >= 15 is 0 Å². The first-order valence-corrected chi connectivity index (χ1v) is 5.78. The second kappa shape index (κ2) is 6.35. The van der Waals surface area contributed by atoms with E-state index in [0.717, 1.165) is 5.56 Å². The normalized spacial score (nSPS) is 11.1. The third-order valence-corrected chi connectivity index (χ3v) is 2.66. The molecule has 0 aromatic carbocycles. The Morgan fingerprint density at radius 2 is 2.17 bits per heavy atom. The number of rotatable bonds is 6. The maximum Gasteiger partial charge on any atom is 0.312 e. The van der Waals surface area contributed by atoms with Gasteiger partial charge in [-0.3, -0.25) is 4.79 Å². The van der Waals surface area contributed by atoms with Crippen LogP contribution in [-0.4, -0.2) is 31.7 Å². The van der Waals surface area contributed by atoms with Gasteiger partial charge in [0, 0.05) is 24.8 Å². The second-order valence-electron chi connectivity index (χ2n) is 4.65. The molecule has 18 heavy (non-hydrogen) atoms. The summed E-state index contributed by atoms with van der Waals surface area (Å²) in [5, 5.41) is 3.21. The van der Waals surface area contributed by atoms with E-state index in [1.807, 2.05) is 26.0 Å². The molecule has 0 aliphatic carbocycles. The van der Waals surface area contributed by atoms with E-state index in [9.17, 15) is 4.79 Å². The van der Waals surface area contributed by atoms with Gasteiger partial charge in [-0.2, -0.15) is 0 Å². The second-order valence-corrected chi connectivity index (χ2v) is 4.65. The van der Waals surface area contributed by atoms with E-state index in [-0.39, 0.29) is 5.97 Å². The van der Waals surface area contributed by atoms with Crippen LogP contribution in [0, 0.1) is 5.41 Å². The van der Waals surface area contributed by atoms with Crippen LogP contribution in [0.1, 0.15) is 19.4 Å². The van der Waals surface area contributed by atoms with Gasteiger partial charge >= 0.3 is 5.97 Å². The molecule has 0 saturated heterocycles. The van der Waals surface area contributed by atoms with Crippen LogP contribution >= 0.6 is 0 Å². The molecule has 1 aromatic heterocycles. The maximum atomic E-state index is 11.5. The first kappa shape index (κ1) is 14.4. The van der Waals surface area contributed by atoms with Crippen molar-refractivity contribution >= 4 is 5.97 Å². The molecule has 5 heteroatoms. The zero-order chi connectivity index (χ0) is 13.6. The fraction of sp³-hybridized carbons (Fsp3) is 0.538. The van der Waals surface area contributed by atoms with Gasteiger partial charge < -0.3 is 14.8 Å². The van der Waals surface area contributed by atoms with Crippen molar-refractivity contribution in [2.75, 3.05) is 20.8 Å². The lowest BCUT2D eigenvalue weighted by Crippen LogP contribution is -2.36. The number of nitrogens with one attached hydrogen (secondary N) is 1. The Hall–Kier alpha value is -1.62. The number of aromatic nitrogens is 1. The lowest BCUT2D eigenvalue weighted by Gasteiger charge is -2.22. The third-order valence-electron chi connectivity index (χ3n) is 2.66. The van der Waals surface area contributed by atoms with Crippen molar-refractivity contribution in [3.05, 3.63) is 23.9 Å². The molecule has 0 unspecified atom stereocenters. The predicted octanol–water partition coefficient (Wildman–Crippen LogP) is 1.38. The van der Waals surface area contributed by atoms with Crippen LogP contribution < -0.4 is 10.1 Å². The number of hydrogen-bond donors (Lipinski definition) is 1. The molecule has 0 bridgehead atoms. The fourth-order valence-electron chi connectivity index (χ4n) is 1.60. The summed E-state index contributed by atoms with van der Waals surface area (Å²) in [6.45, 7) is 4.80. The molecule has 0 saturated carbocycles. The van der Waals surface area contributed by atoms with Gasteiger partial charge in [0.15, 0.2) is 0 Å². The summed E-state index contributed by atoms with van der Waals surface area (Å²) in [6, 6.07) is 3.79. The Labute approximate surface area is 108 Å². The summed E-state index contributed by atoms with van der Waals surface area (Å²) in [4.78, 5) is 15.6. The van der Waals surface area contributed by atoms with Crippen LogP contribution in [0.15, 0.2) is 18.3 Å². The lowest BCUT2D eigenvalue weighted by molar-refractivity contribution is -0.150. The summed E-state index contributed by atoms with van der Waals surface area (Å²) >= 11 is 0. The molecule has 1 N–H and O–H groups in total. The highest BCUT2D eigenvalue weighted by Gasteiger charge is 2.28. The van der Waals surface area contributed by atoms with Crippen LogP contribution in [0.4, 0.5) is 0 Å². The maximum absolute atomic E-state index is 11.5. The fourth-order valence-corrected chi connectivity index (χ4v) is 1.60. The summed E-state index contributed by atoms with van der Waals surface area (Å²) in [6.07, 6.45) is 1.68. The SMILES string of the molecule is COC(=O)C(C)(C)CNCc1cccnc1OC. The minimum atomic E-state index is -0.551. The van der Waals surface area contributed by atoms with Crippen LogP contribution in [0.5, 0.6) is 5.88 Å². The Bertz CT molecular complexity index is 405. The molecule has 5 nitrogen and oxygen atoms in total. The van der Waals surface area contributed by atoms with Gasteiger partial charge in [0.2, 0.25) is 5.88 Å². The number of methoxy groups -OCH3 is 2. The molecule has 0 amide bonds. The molecular weight excluding hydrogens is 232 g/mol. The number of esters is 1. The zero-order valence-corrected chi connectivity index (χ0v) is 11.3. The average molecular weight is 252 g/mol. The zero-order valence-electron chi connectivity index (χ0n) is 11.3. The lowest BCUT2D eigenvalue weighted by atomic mass is 9.94. The van der Waals surface area contributed by atoms with Gasteiger partial charge in [-0.15, -0.1) is 0 Å². The minimum absolute atomic E-state index is 0.229. The Morgan fingerprint density at radius 3 is 2.78 bits per heavy atom. The molecule has 0 fully saturated rings. The summed E-state index contributed by atoms with van der Waals surface area (Å²) in [5.41, 5.74) is 0.408. The number of nitrogens with zero attached hydrogens (tertiary/aromatic N) is 1. The van der Waals surface area contributed by atoms with Gasteiger partial charge in [-0.05, 0) is 19.9 Å². The number of hydrogen-bond acceptors (Lipinski definition) is 5. The molecule has 0 aliphatic heterocycles. The quantitative estimate of drug-likeness (QED) is 0.775. The van der Waals surface area contributed by atoms with E-state index in [0.29, 0.717) is 19.0 Å². The van der Waals surface area contributed by atoms with Crippen molar-refractivity contribution < 1.29 is 14.3 Å². The first-order chi connectivity index (χ1) is 8.51. The molecule has 100 valence electrons. The van der Waals surface area contributed by atoms with Crippen molar-refractivity contribution in [3.8, 4) is 5.88 Å². The van der Waals surface area contributed by atoms with Crippen LogP contribution in [-0.2, 0) is 16.1 Å². The number of carbonyl (C=O) groups is 1. The Morgan fingerprint density at radius 1 is 1.44 bits per heavy atom. The Kier molecular flexibility index (Phi) is 5.09. The molecule has 0 radical (unpaired) electrons. The minimum Gasteiger partial charge on any atom is -0.481 e. The molecule has 1 aromatic rings. The topological polar surface area (TPSA) is 60.5 Å². The van der Waals surface area contributed by atoms with Gasteiger partial charge in [-0.1, -0.05) is 6.07 Å². The van der Waals surface area contributed by atoms with Crippen molar-refractivity contribution in [3.63, 3.8) is 0 Å². The molecule has 0 spiro atoms. The van der Waals surface area contributed by atoms with Gasteiger partial charge in [0.25, 0.3) is 0 Å².